The molecule has 1 fully saturated rings. The van der Waals surface area contributed by atoms with Gasteiger partial charge in [-0.05, 0) is 30.3 Å². The molecule has 0 aliphatic carbocycles. The Balaban J connectivity index is 1.45. The van der Waals surface area contributed by atoms with Crippen molar-refractivity contribution < 1.29 is 14.3 Å². The third-order valence-electron chi connectivity index (χ3n) is 4.49. The zero-order valence-electron chi connectivity index (χ0n) is 15.7. The number of hydrogen-bond acceptors (Lipinski definition) is 4. The van der Waals surface area contributed by atoms with E-state index in [9.17, 15) is 9.59 Å². The molecule has 0 bridgehead atoms. The number of urea groups is 1. The van der Waals surface area contributed by atoms with Gasteiger partial charge < -0.3 is 20.3 Å². The molecule has 0 spiro atoms. The Kier molecular flexibility index (Phi) is 6.73. The van der Waals surface area contributed by atoms with Crippen molar-refractivity contribution in [2.45, 2.75) is 0 Å². The molecule has 2 aromatic carbocycles. The number of ether oxygens (including phenoxy) is 1. The average molecular weight is 403 g/mol. The van der Waals surface area contributed by atoms with Gasteiger partial charge in [0.05, 0.1) is 18.7 Å². The number of carbonyl (C=O) groups is 2. The van der Waals surface area contributed by atoms with Crippen molar-refractivity contribution in [2.24, 2.45) is 0 Å². The normalized spacial score (nSPS) is 14.4. The largest absolute Gasteiger partial charge is 0.495 e. The van der Waals surface area contributed by atoms with Crippen molar-refractivity contribution in [3.8, 4) is 5.75 Å². The van der Waals surface area contributed by atoms with Gasteiger partial charge in [0.1, 0.15) is 5.75 Å². The van der Waals surface area contributed by atoms with Gasteiger partial charge in [0.15, 0.2) is 0 Å². The molecule has 0 unspecified atom stereocenters. The van der Waals surface area contributed by atoms with Crippen molar-refractivity contribution in [1.29, 1.82) is 0 Å². The van der Waals surface area contributed by atoms with Crippen LogP contribution < -0.4 is 15.4 Å². The molecule has 1 heterocycles. The second kappa shape index (κ2) is 9.43. The molecule has 2 aromatic rings. The van der Waals surface area contributed by atoms with Gasteiger partial charge in [0.2, 0.25) is 5.91 Å². The molecule has 3 rings (SSSR count). The van der Waals surface area contributed by atoms with Gasteiger partial charge in [-0.15, -0.1) is 0 Å². The predicted molar refractivity (Wildman–Crippen MR) is 110 cm³/mol. The highest BCUT2D eigenvalue weighted by atomic mass is 35.5. The van der Waals surface area contributed by atoms with E-state index in [1.54, 1.807) is 30.2 Å². The van der Waals surface area contributed by atoms with Gasteiger partial charge in [-0.1, -0.05) is 29.8 Å². The number of benzene rings is 2. The highest BCUT2D eigenvalue weighted by molar-refractivity contribution is 6.32. The molecular formula is C20H23ClN4O3. The zero-order valence-corrected chi connectivity index (χ0v) is 16.4. The summed E-state index contributed by atoms with van der Waals surface area (Å²) in [4.78, 5) is 28.4. The molecular weight excluding hydrogens is 380 g/mol. The van der Waals surface area contributed by atoms with Crippen LogP contribution in [0, 0.1) is 0 Å². The topological polar surface area (TPSA) is 73.9 Å². The van der Waals surface area contributed by atoms with E-state index in [0.717, 1.165) is 5.69 Å². The van der Waals surface area contributed by atoms with Gasteiger partial charge in [-0.2, -0.15) is 0 Å². The van der Waals surface area contributed by atoms with Crippen LogP contribution in [0.15, 0.2) is 48.5 Å². The highest BCUT2D eigenvalue weighted by Gasteiger charge is 2.22. The molecule has 1 aliphatic rings. The fourth-order valence-electron chi connectivity index (χ4n) is 2.98. The quantitative estimate of drug-likeness (QED) is 0.805. The summed E-state index contributed by atoms with van der Waals surface area (Å²) in [6.07, 6.45) is 0. The van der Waals surface area contributed by atoms with Gasteiger partial charge in [0.25, 0.3) is 0 Å². The number of hydrogen-bond donors (Lipinski definition) is 2. The van der Waals surface area contributed by atoms with Crippen LogP contribution in [-0.4, -0.2) is 61.6 Å². The maximum absolute atomic E-state index is 12.4. The minimum Gasteiger partial charge on any atom is -0.495 e. The van der Waals surface area contributed by atoms with Crippen molar-refractivity contribution in [3.05, 3.63) is 53.6 Å². The highest BCUT2D eigenvalue weighted by Crippen LogP contribution is 2.27. The molecule has 0 aromatic heterocycles. The molecule has 28 heavy (non-hydrogen) atoms. The summed E-state index contributed by atoms with van der Waals surface area (Å²) < 4.78 is 5.11. The molecule has 0 saturated carbocycles. The number of rotatable bonds is 5. The number of anilines is 2. The van der Waals surface area contributed by atoms with Crippen LogP contribution in [0.1, 0.15) is 0 Å². The Morgan fingerprint density at radius 2 is 1.71 bits per heavy atom. The smallest absolute Gasteiger partial charge is 0.321 e. The Morgan fingerprint density at radius 3 is 2.36 bits per heavy atom. The van der Waals surface area contributed by atoms with Crippen molar-refractivity contribution in [1.82, 2.24) is 9.80 Å². The molecule has 148 valence electrons. The number of nitrogens with zero attached hydrogens (tertiary/aromatic N) is 2. The van der Waals surface area contributed by atoms with Gasteiger partial charge in [-0.3, -0.25) is 9.69 Å². The number of halogens is 1. The number of piperazine rings is 1. The van der Waals surface area contributed by atoms with E-state index in [2.05, 4.69) is 10.6 Å². The molecule has 0 atom stereocenters. The Bertz CT molecular complexity index is 823. The lowest BCUT2D eigenvalue weighted by molar-refractivity contribution is -0.117. The first-order valence-electron chi connectivity index (χ1n) is 9.02. The minimum atomic E-state index is -0.186. The standard InChI is InChI=1S/C20H23ClN4O3/c1-28-18-8-7-16(13-17(18)21)23-20(27)25-11-9-24(10-12-25)14-19(26)22-15-5-3-2-4-6-15/h2-8,13H,9-12,14H2,1H3,(H,22,26)(H,23,27). The van der Waals surface area contributed by atoms with E-state index < -0.39 is 0 Å². The number of nitrogens with one attached hydrogen (secondary N) is 2. The summed E-state index contributed by atoms with van der Waals surface area (Å²) in [5.41, 5.74) is 1.39. The lowest BCUT2D eigenvalue weighted by atomic mass is 10.3. The minimum absolute atomic E-state index is 0.0584. The van der Waals surface area contributed by atoms with Crippen molar-refractivity contribution >= 4 is 34.9 Å². The van der Waals surface area contributed by atoms with E-state index in [1.165, 1.54) is 0 Å². The van der Waals surface area contributed by atoms with E-state index >= 15 is 0 Å². The summed E-state index contributed by atoms with van der Waals surface area (Å²) in [6.45, 7) is 2.68. The number of amides is 3. The molecule has 1 aliphatic heterocycles. The van der Waals surface area contributed by atoms with Gasteiger partial charge in [-0.25, -0.2) is 4.79 Å². The van der Waals surface area contributed by atoms with Crippen LogP contribution in [0.3, 0.4) is 0 Å². The molecule has 8 heteroatoms. The Morgan fingerprint density at radius 1 is 1.00 bits per heavy atom. The summed E-state index contributed by atoms with van der Waals surface area (Å²) in [6, 6.07) is 14.3. The average Bonchev–Trinajstić information content (AvgIpc) is 2.69. The second-order valence-electron chi connectivity index (χ2n) is 6.46. The summed E-state index contributed by atoms with van der Waals surface area (Å²) in [5.74, 6) is 0.499. The Labute approximate surface area is 169 Å². The summed E-state index contributed by atoms with van der Waals surface area (Å²) >= 11 is 6.09. The van der Waals surface area contributed by atoms with Crippen LogP contribution in [0.25, 0.3) is 0 Å². The third kappa shape index (κ3) is 5.37. The molecule has 3 amide bonds. The van der Waals surface area contributed by atoms with Crippen molar-refractivity contribution in [2.75, 3.05) is 50.5 Å². The first kappa shape index (κ1) is 20.0. The maximum atomic E-state index is 12.4. The lowest BCUT2D eigenvalue weighted by Crippen LogP contribution is -2.51. The fourth-order valence-corrected chi connectivity index (χ4v) is 3.24. The first-order chi connectivity index (χ1) is 13.5. The van der Waals surface area contributed by atoms with E-state index in [1.807, 2.05) is 35.2 Å². The van der Waals surface area contributed by atoms with Crippen LogP contribution in [0.5, 0.6) is 5.75 Å². The first-order valence-corrected chi connectivity index (χ1v) is 9.39. The predicted octanol–water partition coefficient (Wildman–Crippen LogP) is 3.14. The van der Waals surface area contributed by atoms with Crippen molar-refractivity contribution in [3.63, 3.8) is 0 Å². The number of para-hydroxylation sites is 1. The van der Waals surface area contributed by atoms with E-state index in [0.29, 0.717) is 49.2 Å². The second-order valence-corrected chi connectivity index (χ2v) is 6.86. The van der Waals surface area contributed by atoms with Crippen LogP contribution in [0.4, 0.5) is 16.2 Å². The Hall–Kier alpha value is -2.77. The summed E-state index contributed by atoms with van der Waals surface area (Å²) in [7, 11) is 1.54. The van der Waals surface area contributed by atoms with Crippen LogP contribution in [-0.2, 0) is 4.79 Å². The SMILES string of the molecule is COc1ccc(NC(=O)N2CCN(CC(=O)Nc3ccccc3)CC2)cc1Cl. The molecule has 2 N–H and O–H groups in total. The monoisotopic (exact) mass is 402 g/mol. The fraction of sp³-hybridized carbons (Fsp3) is 0.300. The number of methoxy groups -OCH3 is 1. The lowest BCUT2D eigenvalue weighted by Gasteiger charge is -2.34. The third-order valence-corrected chi connectivity index (χ3v) is 4.78. The number of carbonyl (C=O) groups excluding carboxylic acids is 2. The molecule has 7 nitrogen and oxygen atoms in total. The van der Waals surface area contributed by atoms with Crippen LogP contribution >= 0.6 is 11.6 Å². The maximum Gasteiger partial charge on any atom is 0.321 e. The van der Waals surface area contributed by atoms with Gasteiger partial charge >= 0.3 is 6.03 Å². The molecule has 1 saturated heterocycles. The van der Waals surface area contributed by atoms with E-state index in [-0.39, 0.29) is 11.9 Å². The van der Waals surface area contributed by atoms with Gasteiger partial charge in [0, 0.05) is 37.6 Å². The molecule has 0 radical (unpaired) electrons. The summed E-state index contributed by atoms with van der Waals surface area (Å²) in [5, 5.41) is 6.15. The van der Waals surface area contributed by atoms with Crippen LogP contribution in [0.2, 0.25) is 5.02 Å². The van der Waals surface area contributed by atoms with E-state index in [4.69, 9.17) is 16.3 Å². The zero-order chi connectivity index (χ0) is 19.9.